The Labute approximate surface area is 105 Å². The maximum atomic E-state index is 12.0. The quantitative estimate of drug-likeness (QED) is 0.441. The first kappa shape index (κ1) is 14.4. The molecule has 1 aromatic rings. The molecule has 1 rings (SSSR count). The third kappa shape index (κ3) is 4.29. The van der Waals surface area contributed by atoms with Crippen LogP contribution in [0.3, 0.4) is 0 Å². The van der Waals surface area contributed by atoms with Gasteiger partial charge in [-0.1, -0.05) is 13.0 Å². The summed E-state index contributed by atoms with van der Waals surface area (Å²) in [5.41, 5.74) is 0.682. The van der Waals surface area contributed by atoms with Gasteiger partial charge in [0.05, 0.1) is 4.92 Å². The average Bonchev–Trinajstić information content (AvgIpc) is 2.37. The van der Waals surface area contributed by atoms with Gasteiger partial charge in [0, 0.05) is 12.6 Å². The predicted octanol–water partition coefficient (Wildman–Crippen LogP) is 2.44. The van der Waals surface area contributed by atoms with Crippen LogP contribution in [0, 0.1) is 10.1 Å². The molecule has 0 aliphatic rings. The maximum Gasteiger partial charge on any atom is 0.311 e. The number of nitro groups is 1. The number of benzene rings is 1. The Morgan fingerprint density at radius 3 is 2.89 bits per heavy atom. The molecule has 0 heterocycles. The number of hydrogen-bond acceptors (Lipinski definition) is 4. The second kappa shape index (κ2) is 7.60. The van der Waals surface area contributed by atoms with Crippen molar-refractivity contribution in [2.75, 3.05) is 19.8 Å². The summed E-state index contributed by atoms with van der Waals surface area (Å²) in [6.45, 7) is 2.63. The maximum absolute atomic E-state index is 12.0. The lowest BCUT2D eigenvalue weighted by atomic mass is 10.2. The van der Waals surface area contributed by atoms with Gasteiger partial charge in [0.2, 0.25) is 0 Å². The number of halogens is 1. The summed E-state index contributed by atoms with van der Waals surface area (Å²) in [6, 6.07) is 4.70. The van der Waals surface area contributed by atoms with E-state index in [4.69, 9.17) is 4.74 Å². The van der Waals surface area contributed by atoms with Crippen molar-refractivity contribution in [3.8, 4) is 5.75 Å². The van der Waals surface area contributed by atoms with E-state index < -0.39 is 11.6 Å². The highest BCUT2D eigenvalue weighted by Gasteiger charge is 2.15. The monoisotopic (exact) mass is 256 g/mol. The largest absolute Gasteiger partial charge is 0.484 e. The fourth-order valence-electron chi connectivity index (χ4n) is 1.50. The average molecular weight is 256 g/mol. The minimum Gasteiger partial charge on any atom is -0.484 e. The number of ether oxygens (including phenoxy) is 1. The summed E-state index contributed by atoms with van der Waals surface area (Å²) in [4.78, 5) is 10.4. The summed E-state index contributed by atoms with van der Waals surface area (Å²) in [6.07, 6.45) is 1.000. The van der Waals surface area contributed by atoms with Crippen molar-refractivity contribution in [1.29, 1.82) is 0 Å². The highest BCUT2D eigenvalue weighted by molar-refractivity contribution is 5.48. The molecule has 0 bridgehead atoms. The number of nitrogens with zero attached hydrogens (tertiary/aromatic N) is 1. The van der Waals surface area contributed by atoms with Gasteiger partial charge in [-0.05, 0) is 24.6 Å². The molecule has 0 atom stereocenters. The van der Waals surface area contributed by atoms with Crippen LogP contribution in [0.2, 0.25) is 0 Å². The molecule has 0 radical (unpaired) electrons. The van der Waals surface area contributed by atoms with E-state index in [9.17, 15) is 14.5 Å². The van der Waals surface area contributed by atoms with Crippen molar-refractivity contribution >= 4 is 5.69 Å². The molecule has 1 aromatic carbocycles. The number of hydrogen-bond donors (Lipinski definition) is 1. The van der Waals surface area contributed by atoms with Crippen molar-refractivity contribution in [3.05, 3.63) is 33.9 Å². The van der Waals surface area contributed by atoms with E-state index in [1.807, 2.05) is 6.92 Å². The predicted molar refractivity (Wildman–Crippen MR) is 66.6 cm³/mol. The topological polar surface area (TPSA) is 64.4 Å². The molecule has 0 aliphatic heterocycles. The molecule has 0 fully saturated rings. The molecule has 6 heteroatoms. The van der Waals surface area contributed by atoms with Crippen LogP contribution in [-0.2, 0) is 6.54 Å². The van der Waals surface area contributed by atoms with Crippen molar-refractivity contribution in [3.63, 3.8) is 0 Å². The van der Waals surface area contributed by atoms with Crippen LogP contribution >= 0.6 is 0 Å². The summed E-state index contributed by atoms with van der Waals surface area (Å²) in [5.74, 6) is 0.108. The summed E-state index contributed by atoms with van der Waals surface area (Å²) in [7, 11) is 0. The van der Waals surface area contributed by atoms with Gasteiger partial charge in [0.15, 0.2) is 5.75 Å². The van der Waals surface area contributed by atoms with E-state index >= 15 is 0 Å². The minimum atomic E-state index is -0.670. The second-order valence-corrected chi connectivity index (χ2v) is 3.77. The fraction of sp³-hybridized carbons (Fsp3) is 0.500. The molecule has 0 aromatic heterocycles. The highest BCUT2D eigenvalue weighted by Crippen LogP contribution is 2.27. The first-order valence-electron chi connectivity index (χ1n) is 5.85. The second-order valence-electron chi connectivity index (χ2n) is 3.77. The van der Waals surface area contributed by atoms with Crippen LogP contribution in [-0.4, -0.2) is 24.7 Å². The Kier molecular flexibility index (Phi) is 6.07. The molecule has 0 unspecified atom stereocenters. The van der Waals surface area contributed by atoms with Crippen LogP contribution in [0.25, 0.3) is 0 Å². The van der Waals surface area contributed by atoms with E-state index in [1.165, 1.54) is 12.1 Å². The van der Waals surface area contributed by atoms with Gasteiger partial charge in [0.25, 0.3) is 0 Å². The van der Waals surface area contributed by atoms with Crippen molar-refractivity contribution < 1.29 is 14.1 Å². The van der Waals surface area contributed by atoms with Crippen LogP contribution < -0.4 is 10.1 Å². The van der Waals surface area contributed by atoms with Gasteiger partial charge in [-0.25, -0.2) is 4.39 Å². The molecular formula is C12H17FN2O3. The molecule has 1 N–H and O–H groups in total. The van der Waals surface area contributed by atoms with Gasteiger partial charge >= 0.3 is 5.69 Å². The van der Waals surface area contributed by atoms with E-state index in [0.717, 1.165) is 18.5 Å². The zero-order valence-corrected chi connectivity index (χ0v) is 10.3. The first-order chi connectivity index (χ1) is 8.69. The van der Waals surface area contributed by atoms with Gasteiger partial charge < -0.3 is 10.1 Å². The van der Waals surface area contributed by atoms with Crippen LogP contribution in [0.5, 0.6) is 5.75 Å². The SMILES string of the molecule is CCCNCc1ccc(OCCF)c([N+](=O)[O-])c1. The highest BCUT2D eigenvalue weighted by atomic mass is 19.1. The smallest absolute Gasteiger partial charge is 0.311 e. The Bertz CT molecular complexity index is 399. The van der Waals surface area contributed by atoms with E-state index in [1.54, 1.807) is 6.07 Å². The first-order valence-corrected chi connectivity index (χ1v) is 5.85. The number of rotatable bonds is 8. The third-order valence-corrected chi connectivity index (χ3v) is 2.31. The summed E-state index contributed by atoms with van der Waals surface area (Å²) >= 11 is 0. The van der Waals surface area contributed by atoms with Gasteiger partial charge in [-0.3, -0.25) is 10.1 Å². The zero-order chi connectivity index (χ0) is 13.4. The van der Waals surface area contributed by atoms with E-state index in [0.29, 0.717) is 6.54 Å². The van der Waals surface area contributed by atoms with Gasteiger partial charge in [-0.15, -0.1) is 0 Å². The third-order valence-electron chi connectivity index (χ3n) is 2.31. The molecular weight excluding hydrogens is 239 g/mol. The number of nitro benzene ring substituents is 1. The molecule has 5 nitrogen and oxygen atoms in total. The van der Waals surface area contributed by atoms with Crippen molar-refractivity contribution in [1.82, 2.24) is 5.32 Å². The molecule has 100 valence electrons. The lowest BCUT2D eigenvalue weighted by Gasteiger charge is -2.07. The lowest BCUT2D eigenvalue weighted by molar-refractivity contribution is -0.385. The molecule has 0 saturated heterocycles. The Hall–Kier alpha value is -1.69. The lowest BCUT2D eigenvalue weighted by Crippen LogP contribution is -2.14. The van der Waals surface area contributed by atoms with E-state index in [-0.39, 0.29) is 18.0 Å². The molecule has 0 saturated carbocycles. The van der Waals surface area contributed by atoms with Gasteiger partial charge in [-0.2, -0.15) is 0 Å². The van der Waals surface area contributed by atoms with Crippen LogP contribution in [0.1, 0.15) is 18.9 Å². The fourth-order valence-corrected chi connectivity index (χ4v) is 1.50. The minimum absolute atomic E-state index is 0.108. The summed E-state index contributed by atoms with van der Waals surface area (Å²) in [5, 5.41) is 14.0. The number of alkyl halides is 1. The van der Waals surface area contributed by atoms with E-state index in [2.05, 4.69) is 5.32 Å². The standard InChI is InChI=1S/C12H17FN2O3/c1-2-6-14-9-10-3-4-12(18-7-5-13)11(8-10)15(16)17/h3-4,8,14H,2,5-7,9H2,1H3. The Morgan fingerprint density at radius 1 is 1.50 bits per heavy atom. The molecule has 0 amide bonds. The summed E-state index contributed by atoms with van der Waals surface area (Å²) < 4.78 is 17.0. The zero-order valence-electron chi connectivity index (χ0n) is 10.3. The van der Waals surface area contributed by atoms with Crippen LogP contribution in [0.4, 0.5) is 10.1 Å². The Balaban J connectivity index is 2.78. The van der Waals surface area contributed by atoms with Crippen molar-refractivity contribution in [2.24, 2.45) is 0 Å². The molecule has 0 spiro atoms. The van der Waals surface area contributed by atoms with Crippen molar-refractivity contribution in [2.45, 2.75) is 19.9 Å². The molecule has 0 aliphatic carbocycles. The molecule has 18 heavy (non-hydrogen) atoms. The normalized spacial score (nSPS) is 10.3. The van der Waals surface area contributed by atoms with Crippen LogP contribution in [0.15, 0.2) is 18.2 Å². The van der Waals surface area contributed by atoms with Gasteiger partial charge in [0.1, 0.15) is 13.3 Å². The Morgan fingerprint density at radius 2 is 2.28 bits per heavy atom. The number of nitrogens with one attached hydrogen (secondary N) is 1.